The van der Waals surface area contributed by atoms with Crippen molar-refractivity contribution >= 4 is 46.5 Å². The molecule has 100 heavy (non-hydrogen) atoms. The first-order valence-corrected chi connectivity index (χ1v) is 34.3. The Morgan fingerprint density at radius 1 is 0.810 bits per heavy atom. The van der Waals surface area contributed by atoms with Crippen LogP contribution < -0.4 is 20.1 Å². The summed E-state index contributed by atoms with van der Waals surface area (Å²) < 4.78 is 48.6. The van der Waals surface area contributed by atoms with E-state index in [1.165, 1.54) is 14.2 Å². The van der Waals surface area contributed by atoms with E-state index in [9.17, 15) is 49.8 Å². The highest BCUT2D eigenvalue weighted by atomic mass is 16.7. The fraction of sp³-hybridized carbons (Fsp3) is 0.634. The third-order valence-corrected chi connectivity index (χ3v) is 19.0. The number of likely N-dealkylation sites (tertiary alicyclic amines) is 1. The van der Waals surface area contributed by atoms with E-state index in [4.69, 9.17) is 43.4 Å². The molecule has 554 valence electrons. The van der Waals surface area contributed by atoms with Crippen LogP contribution in [0.2, 0.25) is 0 Å². The van der Waals surface area contributed by atoms with E-state index in [2.05, 4.69) is 20.7 Å². The van der Waals surface area contributed by atoms with Crippen molar-refractivity contribution < 1.29 is 102 Å². The molecular formula is C71H106N9O20+. The van der Waals surface area contributed by atoms with Gasteiger partial charge < -0.3 is 98.0 Å². The fourth-order valence-electron chi connectivity index (χ4n) is 13.6. The van der Waals surface area contributed by atoms with Crippen molar-refractivity contribution in [3.8, 4) is 11.5 Å². The first-order valence-electron chi connectivity index (χ1n) is 34.3. The third kappa shape index (κ3) is 21.5. The van der Waals surface area contributed by atoms with Crippen LogP contribution in [0.5, 0.6) is 11.5 Å². The standard InChI is InChI=1S/C71H105N9O20/c1-13-44(6)59(55(93-11)38-57(82)78-28-17-20-52(78)65(94-12)45(7)66(86)74-51(69(89)90)36-46-18-15-14-16-19-46)77(8)68(88)58(42(2)3)75-67(87)61(43(4)5)80(9,10)39-48-23-26-54(98-41-47-21-24-49(25-22-47)99-71-64(85)63(84)62(83)56(40-81)100-71)60-50(48)37-53(70(91)92)79(60)29-31-96-33-35-97-34-32-95-30-27-73-76-72/h14-16,18-19,21-26,37,42-45,51-52,55-56,58-59,61-65,71,81,83-85H,13,17,20,27-36,38-41H2,1-12H3,(H3-,74,75,86,87,89,90,91,92)/p+1/t44?,45-,51?,52+,55-,56-,58+,59+,61+,62+,63+,64-,65-,71-/m1/s1. The Labute approximate surface area is 585 Å². The maximum absolute atomic E-state index is 15.2. The number of likely N-dealkylation sites (N-methyl/N-ethyl adjacent to an activating group) is 2. The predicted octanol–water partition coefficient (Wildman–Crippen LogP) is 4.93. The number of hydrogen-bond acceptors (Lipinski definition) is 19. The minimum Gasteiger partial charge on any atom is -0.487 e. The Bertz CT molecular complexity index is 3330. The summed E-state index contributed by atoms with van der Waals surface area (Å²) in [5.74, 6) is -5.16. The number of carbonyl (C=O) groups excluding carboxylic acids is 4. The van der Waals surface area contributed by atoms with Crippen molar-refractivity contribution in [3.63, 3.8) is 0 Å². The summed E-state index contributed by atoms with van der Waals surface area (Å²) in [5, 5.41) is 71.5. The summed E-state index contributed by atoms with van der Waals surface area (Å²) in [5.41, 5.74) is 11.0. The molecule has 29 heteroatoms. The number of methoxy groups -OCH3 is 2. The van der Waals surface area contributed by atoms with Gasteiger partial charge in [0.05, 0.1) is 102 Å². The number of amides is 4. The largest absolute Gasteiger partial charge is 0.487 e. The number of nitrogens with zero attached hydrogens (tertiary/aromatic N) is 7. The average molecular weight is 1410 g/mol. The molecule has 29 nitrogen and oxygen atoms in total. The van der Waals surface area contributed by atoms with E-state index in [0.29, 0.717) is 53.6 Å². The molecule has 3 heterocycles. The summed E-state index contributed by atoms with van der Waals surface area (Å²) in [6.45, 7) is 14.7. The van der Waals surface area contributed by atoms with Gasteiger partial charge >= 0.3 is 11.9 Å². The van der Waals surface area contributed by atoms with Gasteiger partial charge in [0, 0.05) is 69.1 Å². The zero-order valence-electron chi connectivity index (χ0n) is 59.7. The molecule has 1 aromatic heterocycles. The number of ether oxygens (including phenoxy) is 8. The number of rotatable bonds is 42. The van der Waals surface area contributed by atoms with E-state index >= 15 is 9.59 Å². The van der Waals surface area contributed by atoms with Gasteiger partial charge in [0.25, 0.3) is 5.91 Å². The van der Waals surface area contributed by atoms with Gasteiger partial charge in [0.2, 0.25) is 24.0 Å². The molecule has 2 aliphatic heterocycles. The number of fused-ring (bicyclic) bond motifs is 1. The number of aromatic carboxylic acids is 1. The summed E-state index contributed by atoms with van der Waals surface area (Å²) in [6.07, 6.45) is -7.26. The number of nitrogens with one attached hydrogen (secondary N) is 2. The number of benzene rings is 3. The van der Waals surface area contributed by atoms with Gasteiger partial charge in [-0.2, -0.15) is 0 Å². The molecule has 3 aromatic carbocycles. The molecule has 2 fully saturated rings. The second-order valence-corrected chi connectivity index (χ2v) is 27.0. The molecule has 0 saturated carbocycles. The normalized spacial score (nSPS) is 20.4. The van der Waals surface area contributed by atoms with E-state index in [1.54, 1.807) is 89.0 Å². The van der Waals surface area contributed by atoms with Crippen LogP contribution in [0.4, 0.5) is 0 Å². The summed E-state index contributed by atoms with van der Waals surface area (Å²) in [4.78, 5) is 90.4. The lowest BCUT2D eigenvalue weighted by Gasteiger charge is -2.42. The highest BCUT2D eigenvalue weighted by molar-refractivity contribution is 5.98. The van der Waals surface area contributed by atoms with Crippen molar-refractivity contribution in [2.75, 3.05) is 94.7 Å². The number of aliphatic hydroxyl groups excluding tert-OH is 4. The highest BCUT2D eigenvalue weighted by Gasteiger charge is 2.47. The molecule has 2 aliphatic rings. The number of aliphatic carboxylic acids is 1. The van der Waals surface area contributed by atoms with Gasteiger partial charge in [-0.1, -0.05) is 102 Å². The lowest BCUT2D eigenvalue weighted by molar-refractivity contribution is -0.922. The zero-order chi connectivity index (χ0) is 73.5. The Balaban J connectivity index is 1.21. The molecule has 2 unspecified atom stereocenters. The summed E-state index contributed by atoms with van der Waals surface area (Å²) in [6, 6.07) is 16.5. The average Bonchev–Trinajstić information content (AvgIpc) is 1.59. The van der Waals surface area contributed by atoms with Crippen molar-refractivity contribution in [2.45, 2.75) is 173 Å². The number of quaternary nitrogens is 1. The van der Waals surface area contributed by atoms with Crippen LogP contribution in [0.3, 0.4) is 0 Å². The second-order valence-electron chi connectivity index (χ2n) is 27.0. The zero-order valence-corrected chi connectivity index (χ0v) is 59.7. The van der Waals surface area contributed by atoms with E-state index in [1.807, 2.05) is 67.8 Å². The molecule has 0 spiro atoms. The molecule has 0 aliphatic carbocycles. The maximum Gasteiger partial charge on any atom is 0.352 e. The number of carboxylic acids is 2. The minimum atomic E-state index is -1.63. The van der Waals surface area contributed by atoms with Crippen LogP contribution in [0.15, 0.2) is 77.9 Å². The lowest BCUT2D eigenvalue weighted by atomic mass is 9.89. The highest BCUT2D eigenvalue weighted by Crippen LogP contribution is 2.37. The van der Waals surface area contributed by atoms with Crippen LogP contribution in [-0.4, -0.2) is 253 Å². The Morgan fingerprint density at radius 3 is 2.06 bits per heavy atom. The van der Waals surface area contributed by atoms with Gasteiger partial charge in [0.15, 0.2) is 6.04 Å². The van der Waals surface area contributed by atoms with Gasteiger partial charge in [0.1, 0.15) is 66.8 Å². The first kappa shape index (κ1) is 81.5. The third-order valence-electron chi connectivity index (χ3n) is 19.0. The molecule has 8 N–H and O–H groups in total. The predicted molar refractivity (Wildman–Crippen MR) is 368 cm³/mol. The fourth-order valence-corrected chi connectivity index (χ4v) is 13.6. The Kier molecular flexibility index (Phi) is 31.8. The minimum absolute atomic E-state index is 0.0111. The lowest BCUT2D eigenvalue weighted by Crippen LogP contribution is -2.63. The van der Waals surface area contributed by atoms with Crippen LogP contribution >= 0.6 is 0 Å². The summed E-state index contributed by atoms with van der Waals surface area (Å²) in [7, 11) is 8.43. The van der Waals surface area contributed by atoms with Gasteiger partial charge in [-0.15, -0.1) is 0 Å². The Hall–Kier alpha value is -7.51. The molecule has 6 rings (SSSR count). The molecule has 14 atom stereocenters. The van der Waals surface area contributed by atoms with Gasteiger partial charge in [-0.25, -0.2) is 9.59 Å². The van der Waals surface area contributed by atoms with Crippen molar-refractivity contribution in [3.05, 3.63) is 106 Å². The van der Waals surface area contributed by atoms with Gasteiger partial charge in [-0.3, -0.25) is 19.2 Å². The van der Waals surface area contributed by atoms with Crippen molar-refractivity contribution in [1.82, 2.24) is 25.0 Å². The van der Waals surface area contributed by atoms with Crippen molar-refractivity contribution in [2.24, 2.45) is 28.8 Å². The topological polar surface area (TPSA) is 382 Å². The molecule has 2 saturated heterocycles. The first-order chi connectivity index (χ1) is 47.6. The Morgan fingerprint density at radius 2 is 1.47 bits per heavy atom. The van der Waals surface area contributed by atoms with Crippen LogP contribution in [0.1, 0.15) is 101 Å². The number of aliphatic hydroxyl groups is 4. The second kappa shape index (κ2) is 39.1. The number of hydrogen-bond donors (Lipinski definition) is 8. The summed E-state index contributed by atoms with van der Waals surface area (Å²) >= 11 is 0. The molecule has 0 bridgehead atoms. The maximum atomic E-state index is 15.2. The van der Waals surface area contributed by atoms with Crippen molar-refractivity contribution in [1.29, 1.82) is 0 Å². The smallest absolute Gasteiger partial charge is 0.352 e. The number of azide groups is 1. The van der Waals surface area contributed by atoms with Crippen LogP contribution in [0.25, 0.3) is 21.3 Å². The molecule has 4 aromatic rings. The quantitative estimate of drug-likeness (QED) is 0.00958. The molecule has 0 radical (unpaired) electrons. The van der Waals surface area contributed by atoms with E-state index < -0.39 is 115 Å². The molecular weight excluding hydrogens is 1300 g/mol. The van der Waals surface area contributed by atoms with E-state index in [-0.39, 0.29) is 118 Å². The van der Waals surface area contributed by atoms with Crippen LogP contribution in [-0.2, 0) is 78.5 Å². The number of carboxylic acid groups (broad SMARTS) is 2. The van der Waals surface area contributed by atoms with Gasteiger partial charge in [-0.05, 0) is 71.7 Å². The SMILES string of the molecule is CCC(C)[C@@H]([C@@H](CC(=O)N1CCC[C@H]1[C@H](OC)[C@@H](C)C(=O)NC(Cc1ccccc1)C(=O)O)OC)N(C)C(=O)[C@@H](NC(=O)[C@H](C(C)C)[N+](C)(C)Cc1ccc(OCc2ccc(O[C@@H]3O[C@H](CO)[C@H](O)[C@H](O)[C@H]3O)cc2)c2c1cc(C(=O)O)n2CCOCCOCCOCCN=[N+]=[N-])C(C)C. The number of carbonyl (C=O) groups is 6. The molecule has 4 amide bonds. The monoisotopic (exact) mass is 1400 g/mol. The number of aromatic nitrogens is 1. The van der Waals surface area contributed by atoms with E-state index in [0.717, 1.165) is 5.56 Å². The van der Waals surface area contributed by atoms with Crippen LogP contribution in [0, 0.1) is 23.7 Å².